The van der Waals surface area contributed by atoms with E-state index in [0.717, 1.165) is 0 Å². The number of aliphatic carboxylic acids is 1. The molecule has 0 heterocycles. The highest BCUT2D eigenvalue weighted by molar-refractivity contribution is 5.91. The van der Waals surface area contributed by atoms with E-state index in [2.05, 4.69) is 0 Å². The Balaban J connectivity index is 3.22. The molecule has 1 rings (SSSR count). The number of aliphatic hydroxyl groups is 2. The highest BCUT2D eigenvalue weighted by Gasteiger charge is 2.26. The number of carboxylic acid groups (broad SMARTS) is 2. The Morgan fingerprint density at radius 3 is 1.83 bits per heavy atom. The van der Waals surface area contributed by atoms with E-state index >= 15 is 0 Å². The number of aliphatic hydroxyl groups excluding tert-OH is 2. The maximum Gasteiger partial charge on any atom is 0.336 e. The van der Waals surface area contributed by atoms with Crippen LogP contribution in [0.2, 0.25) is 0 Å². The molecule has 0 radical (unpaired) electrons. The molecule has 1 aromatic carbocycles. The average Bonchev–Trinajstić information content (AvgIpc) is 2.25. The number of aromatic carboxylic acids is 1. The molecule has 2 atom stereocenters. The van der Waals surface area contributed by atoms with E-state index < -0.39 is 24.1 Å². The van der Waals surface area contributed by atoms with Crippen molar-refractivity contribution in [2.24, 2.45) is 0 Å². The van der Waals surface area contributed by atoms with Crippen LogP contribution in [-0.4, -0.2) is 38.5 Å². The van der Waals surface area contributed by atoms with Crippen LogP contribution in [0.25, 0.3) is 0 Å². The SMILES string of the molecule is Cc1cc(C(O)C(O)C(=O)O)cc(C)c1C(=O)O. The number of aryl methyl sites for hydroxylation is 2. The fourth-order valence-corrected chi connectivity index (χ4v) is 1.82. The molecule has 0 aliphatic carbocycles. The van der Waals surface area contributed by atoms with E-state index in [1.807, 2.05) is 0 Å². The summed E-state index contributed by atoms with van der Waals surface area (Å²) in [7, 11) is 0. The van der Waals surface area contributed by atoms with Gasteiger partial charge in [-0.25, -0.2) is 9.59 Å². The standard InChI is InChI=1S/C12H14O6/c1-5-3-7(9(13)10(14)12(17)18)4-6(2)8(5)11(15)16/h3-4,9-10,13-14H,1-2H3,(H,15,16)(H,17,18). The van der Waals surface area contributed by atoms with Crippen LogP contribution in [0.5, 0.6) is 0 Å². The molecule has 0 saturated carbocycles. The fraction of sp³-hybridized carbons (Fsp3) is 0.333. The summed E-state index contributed by atoms with van der Waals surface area (Å²) in [5, 5.41) is 36.5. The van der Waals surface area contributed by atoms with E-state index in [9.17, 15) is 19.8 Å². The lowest BCUT2D eigenvalue weighted by atomic mass is 9.95. The smallest absolute Gasteiger partial charge is 0.336 e. The van der Waals surface area contributed by atoms with E-state index in [0.29, 0.717) is 11.1 Å². The Kier molecular flexibility index (Phi) is 4.05. The van der Waals surface area contributed by atoms with Gasteiger partial charge in [0, 0.05) is 0 Å². The van der Waals surface area contributed by atoms with Crippen molar-refractivity contribution in [3.05, 3.63) is 34.4 Å². The molecular formula is C12H14O6. The zero-order chi connectivity index (χ0) is 14.0. The van der Waals surface area contributed by atoms with Crippen molar-refractivity contribution in [3.63, 3.8) is 0 Å². The van der Waals surface area contributed by atoms with Crippen LogP contribution >= 0.6 is 0 Å². The maximum absolute atomic E-state index is 11.0. The van der Waals surface area contributed by atoms with Crippen molar-refractivity contribution >= 4 is 11.9 Å². The topological polar surface area (TPSA) is 115 Å². The monoisotopic (exact) mass is 254 g/mol. The van der Waals surface area contributed by atoms with E-state index in [1.54, 1.807) is 13.8 Å². The molecule has 6 heteroatoms. The lowest BCUT2D eigenvalue weighted by molar-refractivity contribution is -0.153. The van der Waals surface area contributed by atoms with Gasteiger partial charge in [-0.1, -0.05) is 12.1 Å². The summed E-state index contributed by atoms with van der Waals surface area (Å²) in [5.41, 5.74) is 1.07. The molecule has 0 saturated heterocycles. The minimum Gasteiger partial charge on any atom is -0.479 e. The van der Waals surface area contributed by atoms with Crippen LogP contribution in [0.1, 0.15) is 33.2 Å². The van der Waals surface area contributed by atoms with Gasteiger partial charge < -0.3 is 20.4 Å². The van der Waals surface area contributed by atoms with Gasteiger partial charge >= 0.3 is 11.9 Å². The summed E-state index contributed by atoms with van der Waals surface area (Å²) >= 11 is 0. The Labute approximate surface area is 103 Å². The molecule has 0 bridgehead atoms. The Bertz CT molecular complexity index is 470. The molecule has 4 N–H and O–H groups in total. The second kappa shape index (κ2) is 5.16. The Hall–Kier alpha value is -1.92. The number of carbonyl (C=O) groups is 2. The van der Waals surface area contributed by atoms with Crippen LogP contribution in [0.4, 0.5) is 0 Å². The van der Waals surface area contributed by atoms with E-state index in [-0.39, 0.29) is 11.1 Å². The molecule has 0 fully saturated rings. The van der Waals surface area contributed by atoms with Crippen LogP contribution in [0.15, 0.2) is 12.1 Å². The van der Waals surface area contributed by atoms with E-state index in [4.69, 9.17) is 10.2 Å². The first-order valence-corrected chi connectivity index (χ1v) is 5.19. The average molecular weight is 254 g/mol. The minimum absolute atomic E-state index is 0.107. The fourth-order valence-electron chi connectivity index (χ4n) is 1.82. The third-order valence-corrected chi connectivity index (χ3v) is 2.66. The van der Waals surface area contributed by atoms with Gasteiger partial charge in [0.2, 0.25) is 0 Å². The van der Waals surface area contributed by atoms with Crippen molar-refractivity contribution in [2.75, 3.05) is 0 Å². The summed E-state index contributed by atoms with van der Waals surface area (Å²) in [6.07, 6.45) is -3.54. The predicted molar refractivity (Wildman–Crippen MR) is 61.5 cm³/mol. The van der Waals surface area contributed by atoms with Crippen LogP contribution in [0.3, 0.4) is 0 Å². The molecule has 0 spiro atoms. The van der Waals surface area contributed by atoms with Crippen molar-refractivity contribution in [1.29, 1.82) is 0 Å². The normalized spacial score (nSPS) is 14.0. The molecule has 0 amide bonds. The Morgan fingerprint density at radius 2 is 1.50 bits per heavy atom. The molecule has 1 aromatic rings. The van der Waals surface area contributed by atoms with Gasteiger partial charge in [-0.15, -0.1) is 0 Å². The van der Waals surface area contributed by atoms with Gasteiger partial charge in [0.25, 0.3) is 0 Å². The van der Waals surface area contributed by atoms with E-state index in [1.165, 1.54) is 12.1 Å². The molecule has 0 aromatic heterocycles. The summed E-state index contributed by atoms with van der Waals surface area (Å²) in [4.78, 5) is 21.5. The van der Waals surface area contributed by atoms with Crippen molar-refractivity contribution in [3.8, 4) is 0 Å². The van der Waals surface area contributed by atoms with Gasteiger partial charge in [-0.05, 0) is 30.5 Å². The van der Waals surface area contributed by atoms with Gasteiger partial charge in [-0.2, -0.15) is 0 Å². The number of rotatable bonds is 4. The third-order valence-electron chi connectivity index (χ3n) is 2.66. The molecular weight excluding hydrogens is 240 g/mol. The zero-order valence-corrected chi connectivity index (χ0v) is 9.91. The second-order valence-electron chi connectivity index (χ2n) is 4.06. The number of carboxylic acids is 2. The summed E-state index contributed by atoms with van der Waals surface area (Å²) < 4.78 is 0. The molecule has 0 aliphatic rings. The Morgan fingerprint density at radius 1 is 1.06 bits per heavy atom. The molecule has 6 nitrogen and oxygen atoms in total. The van der Waals surface area contributed by atoms with Gasteiger partial charge in [0.1, 0.15) is 6.10 Å². The van der Waals surface area contributed by atoms with Crippen LogP contribution < -0.4 is 0 Å². The summed E-state index contributed by atoms with van der Waals surface area (Å²) in [6, 6.07) is 2.71. The largest absolute Gasteiger partial charge is 0.479 e. The second-order valence-corrected chi connectivity index (χ2v) is 4.06. The minimum atomic E-state index is -1.94. The highest BCUT2D eigenvalue weighted by Crippen LogP contribution is 2.23. The number of hydrogen-bond donors (Lipinski definition) is 4. The van der Waals surface area contributed by atoms with Gasteiger partial charge in [-0.3, -0.25) is 0 Å². The lowest BCUT2D eigenvalue weighted by Crippen LogP contribution is -2.27. The summed E-state index contributed by atoms with van der Waals surface area (Å²) in [5.74, 6) is -2.63. The van der Waals surface area contributed by atoms with Crippen molar-refractivity contribution < 1.29 is 30.0 Å². The van der Waals surface area contributed by atoms with Crippen molar-refractivity contribution in [1.82, 2.24) is 0 Å². The molecule has 98 valence electrons. The first kappa shape index (κ1) is 14.1. The zero-order valence-electron chi connectivity index (χ0n) is 9.91. The van der Waals surface area contributed by atoms with Crippen LogP contribution in [0, 0.1) is 13.8 Å². The van der Waals surface area contributed by atoms with Crippen LogP contribution in [-0.2, 0) is 4.79 Å². The molecule has 0 aliphatic heterocycles. The lowest BCUT2D eigenvalue weighted by Gasteiger charge is -2.17. The van der Waals surface area contributed by atoms with Gasteiger partial charge in [0.15, 0.2) is 6.10 Å². The third kappa shape index (κ3) is 2.66. The first-order valence-electron chi connectivity index (χ1n) is 5.19. The molecule has 2 unspecified atom stereocenters. The molecule has 18 heavy (non-hydrogen) atoms. The first-order chi connectivity index (χ1) is 8.25. The maximum atomic E-state index is 11.0. The van der Waals surface area contributed by atoms with Gasteiger partial charge in [0.05, 0.1) is 5.56 Å². The quantitative estimate of drug-likeness (QED) is 0.621. The number of hydrogen-bond acceptors (Lipinski definition) is 4. The van der Waals surface area contributed by atoms with Crippen molar-refractivity contribution in [2.45, 2.75) is 26.1 Å². The highest BCUT2D eigenvalue weighted by atomic mass is 16.4. The number of benzene rings is 1. The predicted octanol–water partition coefficient (Wildman–Crippen LogP) is 0.481. The summed E-state index contributed by atoms with van der Waals surface area (Å²) in [6.45, 7) is 3.08.